The van der Waals surface area contributed by atoms with Gasteiger partial charge in [-0.1, -0.05) is 34.1 Å². The van der Waals surface area contributed by atoms with Crippen molar-refractivity contribution in [2.24, 2.45) is 0 Å². The Bertz CT molecular complexity index is 284. The van der Waals surface area contributed by atoms with Gasteiger partial charge in [-0.2, -0.15) is 0 Å². The second-order valence-electron chi connectivity index (χ2n) is 6.02. The van der Waals surface area contributed by atoms with Crippen LogP contribution in [0.15, 0.2) is 0 Å². The minimum Gasteiger partial charge on any atom is -0.480 e. The van der Waals surface area contributed by atoms with Gasteiger partial charge in [0.05, 0.1) is 0 Å². The van der Waals surface area contributed by atoms with Crippen LogP contribution in [0.5, 0.6) is 0 Å². The lowest BCUT2D eigenvalue weighted by atomic mass is 9.90. The summed E-state index contributed by atoms with van der Waals surface area (Å²) < 4.78 is 0. The average Bonchev–Trinajstić information content (AvgIpc) is 2.48. The van der Waals surface area contributed by atoms with E-state index in [9.17, 15) is 9.90 Å². The van der Waals surface area contributed by atoms with Crippen molar-refractivity contribution in [3.63, 3.8) is 0 Å². The molecule has 0 bridgehead atoms. The number of aliphatic carboxylic acids is 1. The van der Waals surface area contributed by atoms with Crippen molar-refractivity contribution >= 4 is 5.97 Å². The zero-order valence-corrected chi connectivity index (χ0v) is 14.7. The molecule has 0 amide bonds. The van der Waals surface area contributed by atoms with Gasteiger partial charge in [0.25, 0.3) is 0 Å². The first-order valence-electron chi connectivity index (χ1n) is 8.69. The number of hydrogen-bond acceptors (Lipinski definition) is 3. The molecule has 0 saturated heterocycles. The highest BCUT2D eigenvalue weighted by atomic mass is 16.4. The number of unbranched alkanes of at least 4 members (excludes halogenated alkanes) is 1. The molecular weight excluding hydrogens is 264 g/mol. The summed E-state index contributed by atoms with van der Waals surface area (Å²) in [6.45, 7) is 13.5. The van der Waals surface area contributed by atoms with Crippen LogP contribution in [-0.4, -0.2) is 47.2 Å². The van der Waals surface area contributed by atoms with Gasteiger partial charge < -0.3 is 15.3 Å². The maximum Gasteiger partial charge on any atom is 0.323 e. The third-order valence-corrected chi connectivity index (χ3v) is 4.59. The molecule has 4 heteroatoms. The molecule has 2 N–H and O–H groups in total. The second-order valence-corrected chi connectivity index (χ2v) is 6.02. The van der Waals surface area contributed by atoms with Crippen LogP contribution in [0.25, 0.3) is 0 Å². The number of carboxylic acid groups (broad SMARTS) is 1. The quantitative estimate of drug-likeness (QED) is 0.546. The molecule has 126 valence electrons. The maximum atomic E-state index is 11.6. The van der Waals surface area contributed by atoms with Crippen molar-refractivity contribution in [2.75, 3.05) is 19.6 Å². The minimum atomic E-state index is -0.749. The molecule has 0 aromatic carbocycles. The second kappa shape index (κ2) is 11.0. The predicted molar refractivity (Wildman–Crippen MR) is 89.8 cm³/mol. The predicted octanol–water partition coefficient (Wildman–Crippen LogP) is 3.51. The lowest BCUT2D eigenvalue weighted by Crippen LogP contribution is -2.52. The number of hydrogen-bond donors (Lipinski definition) is 2. The standard InChI is InChI=1S/C17H36N2O2/c1-6-10-13-19(15(5)7-2)14-11-12-17(8-3,16(20)21)18-9-4/h15,18H,6-14H2,1-5H3,(H,20,21). The van der Waals surface area contributed by atoms with E-state index in [1.54, 1.807) is 0 Å². The Balaban J connectivity index is 4.52. The SMILES string of the molecule is CCCCN(CCCC(CC)(NCC)C(=O)O)C(C)CC. The molecule has 0 heterocycles. The third-order valence-electron chi connectivity index (χ3n) is 4.59. The zero-order valence-electron chi connectivity index (χ0n) is 14.7. The molecule has 4 nitrogen and oxygen atoms in total. The number of likely N-dealkylation sites (N-methyl/N-ethyl adjacent to an activating group) is 1. The Kier molecular flexibility index (Phi) is 10.7. The van der Waals surface area contributed by atoms with E-state index in [1.165, 1.54) is 12.8 Å². The fraction of sp³-hybridized carbons (Fsp3) is 0.941. The van der Waals surface area contributed by atoms with Crippen molar-refractivity contribution in [1.29, 1.82) is 0 Å². The lowest BCUT2D eigenvalue weighted by Gasteiger charge is -2.32. The van der Waals surface area contributed by atoms with Gasteiger partial charge in [0.2, 0.25) is 0 Å². The molecule has 0 aromatic heterocycles. The van der Waals surface area contributed by atoms with Gasteiger partial charge in [0, 0.05) is 6.04 Å². The Labute approximate surface area is 131 Å². The monoisotopic (exact) mass is 300 g/mol. The van der Waals surface area contributed by atoms with Crippen LogP contribution in [0.4, 0.5) is 0 Å². The summed E-state index contributed by atoms with van der Waals surface area (Å²) in [6.07, 6.45) is 5.84. The van der Waals surface area contributed by atoms with Gasteiger partial charge in [0.15, 0.2) is 0 Å². The number of nitrogens with one attached hydrogen (secondary N) is 1. The average molecular weight is 300 g/mol. The Morgan fingerprint density at radius 2 is 1.81 bits per heavy atom. The summed E-state index contributed by atoms with van der Waals surface area (Å²) in [4.78, 5) is 14.1. The molecule has 0 aromatic rings. The van der Waals surface area contributed by atoms with E-state index in [-0.39, 0.29) is 0 Å². The summed E-state index contributed by atoms with van der Waals surface area (Å²) >= 11 is 0. The van der Waals surface area contributed by atoms with Gasteiger partial charge in [0.1, 0.15) is 5.54 Å². The maximum absolute atomic E-state index is 11.6. The summed E-state index contributed by atoms with van der Waals surface area (Å²) in [5.41, 5.74) is -0.749. The first-order valence-corrected chi connectivity index (χ1v) is 8.69. The fourth-order valence-electron chi connectivity index (χ4n) is 2.82. The Morgan fingerprint density at radius 3 is 2.24 bits per heavy atom. The van der Waals surface area contributed by atoms with E-state index in [2.05, 4.69) is 31.0 Å². The van der Waals surface area contributed by atoms with E-state index >= 15 is 0 Å². The van der Waals surface area contributed by atoms with Crippen LogP contribution in [0.2, 0.25) is 0 Å². The highest BCUT2D eigenvalue weighted by Gasteiger charge is 2.35. The molecule has 0 spiro atoms. The molecule has 2 atom stereocenters. The zero-order chi connectivity index (χ0) is 16.3. The van der Waals surface area contributed by atoms with Gasteiger partial charge in [-0.15, -0.1) is 0 Å². The van der Waals surface area contributed by atoms with E-state index in [4.69, 9.17) is 0 Å². The van der Waals surface area contributed by atoms with Crippen LogP contribution in [0.1, 0.15) is 73.1 Å². The van der Waals surface area contributed by atoms with Crippen LogP contribution in [0.3, 0.4) is 0 Å². The smallest absolute Gasteiger partial charge is 0.323 e. The van der Waals surface area contributed by atoms with Crippen molar-refractivity contribution in [3.05, 3.63) is 0 Å². The van der Waals surface area contributed by atoms with E-state index in [0.29, 0.717) is 25.4 Å². The molecular formula is C17H36N2O2. The van der Waals surface area contributed by atoms with Gasteiger partial charge in [-0.3, -0.25) is 4.79 Å². The van der Waals surface area contributed by atoms with E-state index in [1.807, 2.05) is 13.8 Å². The molecule has 0 aliphatic rings. The summed E-state index contributed by atoms with van der Waals surface area (Å²) in [5, 5.41) is 12.7. The van der Waals surface area contributed by atoms with Crippen molar-refractivity contribution < 1.29 is 9.90 Å². The van der Waals surface area contributed by atoms with Crippen LogP contribution < -0.4 is 5.32 Å². The fourth-order valence-corrected chi connectivity index (χ4v) is 2.82. The normalized spacial score (nSPS) is 15.9. The van der Waals surface area contributed by atoms with Gasteiger partial charge >= 0.3 is 5.97 Å². The lowest BCUT2D eigenvalue weighted by molar-refractivity contribution is -0.145. The summed E-state index contributed by atoms with van der Waals surface area (Å²) in [7, 11) is 0. The molecule has 0 radical (unpaired) electrons. The number of nitrogens with zero attached hydrogens (tertiary/aromatic N) is 1. The highest BCUT2D eigenvalue weighted by molar-refractivity contribution is 5.78. The Hall–Kier alpha value is -0.610. The van der Waals surface area contributed by atoms with Crippen LogP contribution >= 0.6 is 0 Å². The largest absolute Gasteiger partial charge is 0.480 e. The molecule has 0 fully saturated rings. The van der Waals surface area contributed by atoms with Crippen LogP contribution in [-0.2, 0) is 4.79 Å². The van der Waals surface area contributed by atoms with Gasteiger partial charge in [-0.05, 0) is 58.7 Å². The van der Waals surface area contributed by atoms with E-state index < -0.39 is 11.5 Å². The molecule has 0 saturated carbocycles. The number of rotatable bonds is 13. The Morgan fingerprint density at radius 1 is 1.19 bits per heavy atom. The summed E-state index contributed by atoms with van der Waals surface area (Å²) in [5.74, 6) is -0.713. The number of carbonyl (C=O) groups is 1. The first kappa shape index (κ1) is 20.4. The molecule has 0 aliphatic heterocycles. The van der Waals surface area contributed by atoms with E-state index in [0.717, 1.165) is 25.9 Å². The van der Waals surface area contributed by atoms with Crippen molar-refractivity contribution in [1.82, 2.24) is 10.2 Å². The molecule has 0 aliphatic carbocycles. The van der Waals surface area contributed by atoms with Crippen molar-refractivity contribution in [3.8, 4) is 0 Å². The van der Waals surface area contributed by atoms with Crippen LogP contribution in [0, 0.1) is 0 Å². The van der Waals surface area contributed by atoms with Gasteiger partial charge in [-0.25, -0.2) is 0 Å². The highest BCUT2D eigenvalue weighted by Crippen LogP contribution is 2.19. The van der Waals surface area contributed by atoms with Crippen molar-refractivity contribution in [2.45, 2.75) is 84.7 Å². The molecule has 21 heavy (non-hydrogen) atoms. The first-order chi connectivity index (χ1) is 9.97. The minimum absolute atomic E-state index is 0.580. The molecule has 2 unspecified atom stereocenters. The molecule has 0 rings (SSSR count). The topological polar surface area (TPSA) is 52.6 Å². The number of carboxylic acids is 1. The summed E-state index contributed by atoms with van der Waals surface area (Å²) in [6, 6.07) is 0.580. The third kappa shape index (κ3) is 6.79.